The van der Waals surface area contributed by atoms with Crippen molar-refractivity contribution in [3.63, 3.8) is 0 Å². The molecule has 1 aromatic rings. The monoisotopic (exact) mass is 501 g/mol. The van der Waals surface area contributed by atoms with Gasteiger partial charge in [0.2, 0.25) is 0 Å². The van der Waals surface area contributed by atoms with Crippen molar-refractivity contribution < 1.29 is 17.5 Å². The first-order chi connectivity index (χ1) is 11.7. The zero-order valence-corrected chi connectivity index (χ0v) is 18.8. The second-order valence-corrected chi connectivity index (χ2v) is 8.26. The van der Waals surface area contributed by atoms with Gasteiger partial charge in [0, 0.05) is 19.3 Å². The second kappa shape index (κ2) is 12.3. The maximum absolute atomic E-state index is 13.7. The van der Waals surface area contributed by atoms with Gasteiger partial charge in [-0.25, -0.2) is 12.8 Å². The summed E-state index contributed by atoms with van der Waals surface area (Å²) in [5, 5.41) is 6.27. The minimum absolute atomic E-state index is 0. The lowest BCUT2D eigenvalue weighted by atomic mass is 10.2. The van der Waals surface area contributed by atoms with Crippen LogP contribution in [0.5, 0.6) is 5.75 Å². The fraction of sp³-hybridized carbons (Fsp3) is 0.588. The summed E-state index contributed by atoms with van der Waals surface area (Å²) in [5.74, 6) is 0.502. The first-order valence-electron chi connectivity index (χ1n) is 8.31. The molecular weight excluding hydrogens is 472 g/mol. The molecule has 0 bridgehead atoms. The van der Waals surface area contributed by atoms with E-state index >= 15 is 0 Å². The highest BCUT2D eigenvalue weighted by atomic mass is 127. The number of halogens is 2. The fourth-order valence-electron chi connectivity index (χ4n) is 2.09. The Morgan fingerprint density at radius 1 is 1.35 bits per heavy atom. The van der Waals surface area contributed by atoms with E-state index in [4.69, 9.17) is 4.74 Å². The Bertz CT molecular complexity index is 671. The van der Waals surface area contributed by atoms with Gasteiger partial charge in [0.1, 0.15) is 15.9 Å². The molecule has 0 amide bonds. The second-order valence-electron chi connectivity index (χ2n) is 6.00. The predicted molar refractivity (Wildman–Crippen MR) is 115 cm³/mol. The van der Waals surface area contributed by atoms with Crippen LogP contribution in [0.15, 0.2) is 29.3 Å². The molecule has 2 atom stereocenters. The molecule has 2 unspecified atom stereocenters. The zero-order valence-electron chi connectivity index (χ0n) is 15.7. The zero-order chi connectivity index (χ0) is 18.9. The lowest BCUT2D eigenvalue weighted by Gasteiger charge is -2.22. The van der Waals surface area contributed by atoms with Crippen LogP contribution in [0.2, 0.25) is 0 Å². The van der Waals surface area contributed by atoms with Crippen LogP contribution in [0.25, 0.3) is 0 Å². The number of para-hydroxylation sites is 1. The molecule has 0 radical (unpaired) electrons. The van der Waals surface area contributed by atoms with Gasteiger partial charge in [0.25, 0.3) is 0 Å². The van der Waals surface area contributed by atoms with Crippen LogP contribution in [0.1, 0.15) is 26.7 Å². The number of benzene rings is 1. The Kier molecular flexibility index (Phi) is 11.8. The van der Waals surface area contributed by atoms with E-state index in [0.29, 0.717) is 25.3 Å². The third-order valence-electron chi connectivity index (χ3n) is 3.61. The maximum Gasteiger partial charge on any atom is 0.191 e. The van der Waals surface area contributed by atoms with E-state index in [0.717, 1.165) is 0 Å². The molecule has 26 heavy (non-hydrogen) atoms. The molecule has 0 aliphatic heterocycles. The van der Waals surface area contributed by atoms with Crippen LogP contribution in [-0.4, -0.2) is 52.1 Å². The molecule has 0 saturated heterocycles. The van der Waals surface area contributed by atoms with Crippen LogP contribution in [0, 0.1) is 5.82 Å². The smallest absolute Gasteiger partial charge is 0.191 e. The van der Waals surface area contributed by atoms with Gasteiger partial charge in [0.05, 0.1) is 12.3 Å². The predicted octanol–water partition coefficient (Wildman–Crippen LogP) is 2.59. The number of hydrogen-bond acceptors (Lipinski definition) is 4. The quantitative estimate of drug-likeness (QED) is 0.309. The standard InChI is InChI=1S/C17H28FN3O3S.HI/c1-5-14(24-16-9-7-6-8-15(16)18)12-20-17(19-3)21-13(2)10-11-25(4,22)23;/h6-9,13-14H,5,10-12H2,1-4H3,(H2,19,20,21);1H. The van der Waals surface area contributed by atoms with Crippen molar-refractivity contribution in [2.75, 3.05) is 25.6 Å². The minimum atomic E-state index is -2.99. The molecule has 0 aromatic heterocycles. The average molecular weight is 501 g/mol. The van der Waals surface area contributed by atoms with Gasteiger partial charge in [-0.05, 0) is 31.9 Å². The number of rotatable bonds is 9. The Labute approximate surface area is 172 Å². The SMILES string of the molecule is CCC(CNC(=NC)NC(C)CCS(C)(=O)=O)Oc1ccccc1F.I. The van der Waals surface area contributed by atoms with Crippen molar-refractivity contribution in [3.8, 4) is 5.75 Å². The summed E-state index contributed by atoms with van der Waals surface area (Å²) < 4.78 is 41.8. The van der Waals surface area contributed by atoms with Gasteiger partial charge in [-0.1, -0.05) is 19.1 Å². The number of hydrogen-bond donors (Lipinski definition) is 2. The van der Waals surface area contributed by atoms with E-state index in [1.165, 1.54) is 12.3 Å². The van der Waals surface area contributed by atoms with Crippen molar-refractivity contribution in [3.05, 3.63) is 30.1 Å². The average Bonchev–Trinajstić information content (AvgIpc) is 2.56. The van der Waals surface area contributed by atoms with Crippen LogP contribution >= 0.6 is 24.0 Å². The summed E-state index contributed by atoms with van der Waals surface area (Å²) in [4.78, 5) is 4.12. The van der Waals surface area contributed by atoms with Gasteiger partial charge < -0.3 is 15.4 Å². The fourth-order valence-corrected chi connectivity index (χ4v) is 2.87. The first kappa shape index (κ1) is 24.9. The summed E-state index contributed by atoms with van der Waals surface area (Å²) in [6.45, 7) is 4.30. The topological polar surface area (TPSA) is 79.8 Å². The summed E-state index contributed by atoms with van der Waals surface area (Å²) in [6.07, 6.45) is 2.19. The normalized spacial score (nSPS) is 14.1. The van der Waals surface area contributed by atoms with Crippen LogP contribution in [0.3, 0.4) is 0 Å². The number of nitrogens with zero attached hydrogens (tertiary/aromatic N) is 1. The van der Waals surface area contributed by atoms with E-state index in [1.54, 1.807) is 25.2 Å². The molecule has 1 aromatic carbocycles. The molecule has 6 nitrogen and oxygen atoms in total. The molecule has 2 N–H and O–H groups in total. The van der Waals surface area contributed by atoms with Crippen LogP contribution < -0.4 is 15.4 Å². The Morgan fingerprint density at radius 3 is 2.54 bits per heavy atom. The lowest BCUT2D eigenvalue weighted by molar-refractivity contribution is 0.191. The summed E-state index contributed by atoms with van der Waals surface area (Å²) in [7, 11) is -1.35. The molecule has 9 heteroatoms. The molecule has 0 saturated carbocycles. The molecule has 1 rings (SSSR count). The van der Waals surface area contributed by atoms with Gasteiger partial charge >= 0.3 is 0 Å². The molecule has 0 spiro atoms. The lowest BCUT2D eigenvalue weighted by Crippen LogP contribution is -2.46. The van der Waals surface area contributed by atoms with Gasteiger partial charge in [-0.3, -0.25) is 4.99 Å². The van der Waals surface area contributed by atoms with E-state index < -0.39 is 15.7 Å². The summed E-state index contributed by atoms with van der Waals surface area (Å²) >= 11 is 0. The summed E-state index contributed by atoms with van der Waals surface area (Å²) in [6, 6.07) is 6.25. The van der Waals surface area contributed by atoms with E-state index in [2.05, 4.69) is 15.6 Å². The number of sulfone groups is 1. The van der Waals surface area contributed by atoms with Crippen molar-refractivity contribution in [1.29, 1.82) is 0 Å². The van der Waals surface area contributed by atoms with Crippen molar-refractivity contribution in [2.24, 2.45) is 4.99 Å². The highest BCUT2D eigenvalue weighted by Crippen LogP contribution is 2.17. The molecular formula is C17H29FIN3O3S. The van der Waals surface area contributed by atoms with E-state index in [1.807, 2.05) is 13.8 Å². The van der Waals surface area contributed by atoms with Gasteiger partial charge in [0.15, 0.2) is 17.5 Å². The maximum atomic E-state index is 13.7. The number of ether oxygens (including phenoxy) is 1. The number of guanidine groups is 1. The third kappa shape index (κ3) is 10.1. The van der Waals surface area contributed by atoms with Gasteiger partial charge in [-0.2, -0.15) is 0 Å². The number of nitrogens with one attached hydrogen (secondary N) is 2. The van der Waals surface area contributed by atoms with E-state index in [9.17, 15) is 12.8 Å². The van der Waals surface area contributed by atoms with Crippen molar-refractivity contribution in [1.82, 2.24) is 10.6 Å². The van der Waals surface area contributed by atoms with Crippen LogP contribution in [-0.2, 0) is 9.84 Å². The molecule has 0 fully saturated rings. The van der Waals surface area contributed by atoms with Crippen LogP contribution in [0.4, 0.5) is 4.39 Å². The Hall–Kier alpha value is -1.10. The van der Waals surface area contributed by atoms with Crippen molar-refractivity contribution >= 4 is 39.8 Å². The Morgan fingerprint density at radius 2 is 2.00 bits per heavy atom. The summed E-state index contributed by atoms with van der Waals surface area (Å²) in [5.41, 5.74) is 0. The first-order valence-corrected chi connectivity index (χ1v) is 10.4. The van der Waals surface area contributed by atoms with Crippen molar-refractivity contribution in [2.45, 2.75) is 38.8 Å². The molecule has 0 aliphatic carbocycles. The number of aliphatic imine (C=N–C) groups is 1. The van der Waals surface area contributed by atoms with Gasteiger partial charge in [-0.15, -0.1) is 24.0 Å². The highest BCUT2D eigenvalue weighted by Gasteiger charge is 2.13. The minimum Gasteiger partial charge on any atom is -0.486 e. The molecule has 0 heterocycles. The molecule has 150 valence electrons. The van der Waals surface area contributed by atoms with E-state index in [-0.39, 0.29) is 47.6 Å². The molecule has 0 aliphatic rings. The largest absolute Gasteiger partial charge is 0.486 e. The third-order valence-corrected chi connectivity index (χ3v) is 4.59. The highest BCUT2D eigenvalue weighted by molar-refractivity contribution is 14.0. The Balaban J connectivity index is 0.00000625.